The van der Waals surface area contributed by atoms with E-state index in [9.17, 15) is 4.79 Å². The van der Waals surface area contributed by atoms with Crippen molar-refractivity contribution in [3.63, 3.8) is 0 Å². The molecule has 136 valence electrons. The predicted octanol–water partition coefficient (Wildman–Crippen LogP) is 4.08. The summed E-state index contributed by atoms with van der Waals surface area (Å²) in [7, 11) is 1.65. The lowest BCUT2D eigenvalue weighted by atomic mass is 10.3. The highest BCUT2D eigenvalue weighted by atomic mass is 32.2. The second kappa shape index (κ2) is 8.91. The van der Waals surface area contributed by atoms with Crippen molar-refractivity contribution in [1.82, 2.24) is 14.5 Å². The van der Waals surface area contributed by atoms with Crippen molar-refractivity contribution in [2.75, 3.05) is 19.4 Å². The van der Waals surface area contributed by atoms with Crippen LogP contribution < -0.4 is 4.74 Å². The number of hydrogen-bond donors (Lipinski definition) is 0. The molecule has 0 spiro atoms. The molecule has 26 heavy (non-hydrogen) atoms. The van der Waals surface area contributed by atoms with Gasteiger partial charge in [0.2, 0.25) is 5.91 Å². The largest absolute Gasteiger partial charge is 0.497 e. The second-order valence-electron chi connectivity index (χ2n) is 5.55. The molecular formula is C19H21N3O2S2. The Bertz CT molecular complexity index is 829. The lowest BCUT2D eigenvalue weighted by Crippen LogP contribution is -2.31. The van der Waals surface area contributed by atoms with Crippen molar-refractivity contribution < 1.29 is 9.53 Å². The summed E-state index contributed by atoms with van der Waals surface area (Å²) in [6, 6.07) is 11.8. The molecule has 0 radical (unpaired) electrons. The number of aromatic nitrogens is 2. The highest BCUT2D eigenvalue weighted by molar-refractivity contribution is 7.99. The fourth-order valence-corrected chi connectivity index (χ4v) is 4.12. The molecule has 0 aliphatic carbocycles. The second-order valence-corrected chi connectivity index (χ2v) is 7.53. The van der Waals surface area contributed by atoms with E-state index in [0.29, 0.717) is 18.8 Å². The Balaban J connectivity index is 1.64. The van der Waals surface area contributed by atoms with Gasteiger partial charge in [-0.15, -0.1) is 11.3 Å². The van der Waals surface area contributed by atoms with E-state index in [2.05, 4.69) is 11.1 Å². The number of methoxy groups -OCH3 is 1. The summed E-state index contributed by atoms with van der Waals surface area (Å²) in [4.78, 5) is 20.1. The van der Waals surface area contributed by atoms with Gasteiger partial charge in [-0.25, -0.2) is 4.98 Å². The fourth-order valence-electron chi connectivity index (χ4n) is 2.52. The molecule has 3 aromatic rings. The van der Waals surface area contributed by atoms with Crippen molar-refractivity contribution in [1.29, 1.82) is 0 Å². The van der Waals surface area contributed by atoms with E-state index < -0.39 is 0 Å². The smallest absolute Gasteiger partial charge is 0.233 e. The van der Waals surface area contributed by atoms with Crippen molar-refractivity contribution >= 4 is 29.0 Å². The number of carbonyl (C=O) groups excluding carboxylic acids is 1. The highest BCUT2D eigenvalue weighted by Gasteiger charge is 2.15. The van der Waals surface area contributed by atoms with Gasteiger partial charge in [0.15, 0.2) is 5.16 Å². The number of ether oxygens (including phenoxy) is 1. The van der Waals surface area contributed by atoms with E-state index in [1.165, 1.54) is 16.6 Å². The average Bonchev–Trinajstić information content (AvgIpc) is 3.36. The van der Waals surface area contributed by atoms with E-state index in [4.69, 9.17) is 4.74 Å². The van der Waals surface area contributed by atoms with E-state index in [0.717, 1.165) is 16.6 Å². The molecule has 0 saturated carbocycles. The lowest BCUT2D eigenvalue weighted by Gasteiger charge is -2.20. The first kappa shape index (κ1) is 18.5. The van der Waals surface area contributed by atoms with Crippen molar-refractivity contribution in [3.05, 3.63) is 59.0 Å². The average molecular weight is 388 g/mol. The number of amides is 1. The number of nitrogens with zero attached hydrogens (tertiary/aromatic N) is 3. The Morgan fingerprint density at radius 1 is 1.31 bits per heavy atom. The molecule has 0 fully saturated rings. The molecular weight excluding hydrogens is 366 g/mol. The van der Waals surface area contributed by atoms with Crippen LogP contribution in [0, 0.1) is 0 Å². The minimum Gasteiger partial charge on any atom is -0.497 e. The number of carbonyl (C=O) groups is 1. The predicted molar refractivity (Wildman–Crippen MR) is 106 cm³/mol. The minimum atomic E-state index is 0.121. The summed E-state index contributed by atoms with van der Waals surface area (Å²) < 4.78 is 7.18. The van der Waals surface area contributed by atoms with Gasteiger partial charge in [0.05, 0.1) is 19.4 Å². The van der Waals surface area contributed by atoms with E-state index in [1.54, 1.807) is 24.6 Å². The minimum absolute atomic E-state index is 0.121. The molecule has 1 aromatic carbocycles. The topological polar surface area (TPSA) is 47.4 Å². The highest BCUT2D eigenvalue weighted by Crippen LogP contribution is 2.23. The first-order chi connectivity index (χ1) is 12.7. The van der Waals surface area contributed by atoms with Crippen LogP contribution in [-0.2, 0) is 11.3 Å². The zero-order valence-electron chi connectivity index (χ0n) is 14.8. The Morgan fingerprint density at radius 3 is 2.77 bits per heavy atom. The third-order valence-electron chi connectivity index (χ3n) is 3.94. The molecule has 2 heterocycles. The van der Waals surface area contributed by atoms with Gasteiger partial charge >= 0.3 is 0 Å². The van der Waals surface area contributed by atoms with Crippen molar-refractivity contribution in [2.24, 2.45) is 0 Å². The SMILES string of the molecule is CCN(Cc1cccs1)C(=O)CSc1nccn1-c1ccc(OC)cc1. The van der Waals surface area contributed by atoms with Gasteiger partial charge in [-0.1, -0.05) is 17.8 Å². The maximum atomic E-state index is 12.6. The first-order valence-electron chi connectivity index (χ1n) is 8.32. The van der Waals surface area contributed by atoms with Crippen LogP contribution >= 0.6 is 23.1 Å². The molecule has 1 amide bonds. The number of benzene rings is 1. The summed E-state index contributed by atoms with van der Waals surface area (Å²) in [5.74, 6) is 1.30. The van der Waals surface area contributed by atoms with Crippen LogP contribution in [0.3, 0.4) is 0 Å². The van der Waals surface area contributed by atoms with E-state index in [-0.39, 0.29) is 5.91 Å². The third-order valence-corrected chi connectivity index (χ3v) is 5.76. The van der Waals surface area contributed by atoms with Crippen LogP contribution in [0.4, 0.5) is 0 Å². The molecule has 0 N–H and O–H groups in total. The van der Waals surface area contributed by atoms with Gasteiger partial charge in [-0.05, 0) is 42.6 Å². The number of thiophene rings is 1. The Kier molecular flexibility index (Phi) is 6.35. The monoisotopic (exact) mass is 387 g/mol. The quantitative estimate of drug-likeness (QED) is 0.547. The van der Waals surface area contributed by atoms with E-state index in [1.807, 2.05) is 58.3 Å². The zero-order valence-corrected chi connectivity index (χ0v) is 16.4. The molecule has 0 atom stereocenters. The zero-order chi connectivity index (χ0) is 18.4. The van der Waals surface area contributed by atoms with Crippen LogP contribution in [0.1, 0.15) is 11.8 Å². The van der Waals surface area contributed by atoms with Crippen LogP contribution in [0.15, 0.2) is 59.3 Å². The maximum Gasteiger partial charge on any atom is 0.233 e. The normalized spacial score (nSPS) is 10.7. The van der Waals surface area contributed by atoms with Gasteiger partial charge in [0, 0.05) is 29.5 Å². The van der Waals surface area contributed by atoms with Crippen LogP contribution in [0.5, 0.6) is 5.75 Å². The molecule has 0 aliphatic heterocycles. The summed E-state index contributed by atoms with van der Waals surface area (Å²) in [6.45, 7) is 3.37. The number of imidazole rings is 1. The van der Waals surface area contributed by atoms with Crippen LogP contribution in [-0.4, -0.2) is 39.8 Å². The maximum absolute atomic E-state index is 12.6. The standard InChI is InChI=1S/C19H21N3O2S2/c1-3-21(13-17-5-4-12-25-17)18(23)14-26-19-20-10-11-22(19)15-6-8-16(24-2)9-7-15/h4-12H,3,13-14H2,1-2H3. The molecule has 5 nitrogen and oxygen atoms in total. The van der Waals surface area contributed by atoms with Crippen molar-refractivity contribution in [2.45, 2.75) is 18.6 Å². The molecule has 0 bridgehead atoms. The molecule has 3 rings (SSSR count). The summed E-state index contributed by atoms with van der Waals surface area (Å²) in [5, 5.41) is 2.84. The Labute approximate surface area is 161 Å². The van der Waals surface area contributed by atoms with Crippen LogP contribution in [0.2, 0.25) is 0 Å². The molecule has 0 aliphatic rings. The van der Waals surface area contributed by atoms with Gasteiger partial charge in [0.1, 0.15) is 5.75 Å². The van der Waals surface area contributed by atoms with Gasteiger partial charge in [-0.2, -0.15) is 0 Å². The van der Waals surface area contributed by atoms with Gasteiger partial charge in [0.25, 0.3) is 0 Å². The summed E-state index contributed by atoms with van der Waals surface area (Å²) in [6.07, 6.45) is 3.65. The number of hydrogen-bond acceptors (Lipinski definition) is 5. The molecule has 0 unspecified atom stereocenters. The molecule has 2 aromatic heterocycles. The third kappa shape index (κ3) is 4.47. The Hall–Kier alpha value is -2.25. The van der Waals surface area contributed by atoms with Gasteiger partial charge < -0.3 is 9.64 Å². The summed E-state index contributed by atoms with van der Waals surface area (Å²) >= 11 is 3.13. The molecule has 0 saturated heterocycles. The number of thioether (sulfide) groups is 1. The number of rotatable bonds is 8. The van der Waals surface area contributed by atoms with Crippen molar-refractivity contribution in [3.8, 4) is 11.4 Å². The van der Waals surface area contributed by atoms with Gasteiger partial charge in [-0.3, -0.25) is 9.36 Å². The van der Waals surface area contributed by atoms with Crippen LogP contribution in [0.25, 0.3) is 5.69 Å². The fraction of sp³-hybridized carbons (Fsp3) is 0.263. The lowest BCUT2D eigenvalue weighted by molar-refractivity contribution is -0.128. The summed E-state index contributed by atoms with van der Waals surface area (Å²) in [5.41, 5.74) is 0.990. The Morgan fingerprint density at radius 2 is 2.12 bits per heavy atom. The van der Waals surface area contributed by atoms with E-state index >= 15 is 0 Å². The molecule has 7 heteroatoms. The first-order valence-corrected chi connectivity index (χ1v) is 10.2.